The molecule has 6 nitrogen and oxygen atoms in total. The third kappa shape index (κ3) is 4.08. The Hall–Kier alpha value is -3.15. The van der Waals surface area contributed by atoms with Gasteiger partial charge in [0.1, 0.15) is 5.82 Å². The van der Waals surface area contributed by atoms with Crippen molar-refractivity contribution in [1.29, 1.82) is 0 Å². The fourth-order valence-electron chi connectivity index (χ4n) is 4.49. The number of nitrogens with one attached hydrogen (secondary N) is 2. The van der Waals surface area contributed by atoms with E-state index in [0.717, 1.165) is 12.8 Å². The Kier molecular flexibility index (Phi) is 5.84. The molecule has 2 aromatic carbocycles. The van der Waals surface area contributed by atoms with Crippen LogP contribution in [-0.4, -0.2) is 34.0 Å². The number of nitrogens with zero attached hydrogens (tertiary/aromatic N) is 2. The van der Waals surface area contributed by atoms with Gasteiger partial charge in [-0.15, -0.1) is 0 Å². The maximum atomic E-state index is 13.0. The van der Waals surface area contributed by atoms with Crippen LogP contribution in [0.3, 0.4) is 0 Å². The molecule has 3 aromatic rings. The second kappa shape index (κ2) is 8.69. The van der Waals surface area contributed by atoms with Crippen LogP contribution in [0.2, 0.25) is 0 Å². The highest BCUT2D eigenvalue weighted by molar-refractivity contribution is 5.77. The molecule has 0 unspecified atom stereocenters. The number of carbonyl (C=O) groups is 1. The van der Waals surface area contributed by atoms with Crippen LogP contribution in [0.25, 0.3) is 10.9 Å². The summed E-state index contributed by atoms with van der Waals surface area (Å²) in [6.07, 6.45) is 4.54. The minimum Gasteiger partial charge on any atom is -0.337 e. The summed E-state index contributed by atoms with van der Waals surface area (Å²) in [5.74, 6) is 0.495. The zero-order valence-electron chi connectivity index (χ0n) is 17.4. The molecule has 0 atom stereocenters. The maximum Gasteiger partial charge on any atom is 0.317 e. The van der Waals surface area contributed by atoms with Gasteiger partial charge in [0.25, 0.3) is 5.56 Å². The molecule has 1 aliphatic carbocycles. The van der Waals surface area contributed by atoms with E-state index in [1.54, 1.807) is 11.0 Å². The standard InChI is InChI=1S/C24H28N4O2/c1-2-28(16-21-26-20-13-7-6-12-19(20)22(29)27-21)23(30)25-17-24(14-8-9-15-24)18-10-4-3-5-11-18/h3-7,10-13H,2,8-9,14-17H2,1H3,(H,25,30)(H,26,27,29). The van der Waals surface area contributed by atoms with Crippen molar-refractivity contribution in [1.82, 2.24) is 20.2 Å². The first kappa shape index (κ1) is 20.1. The highest BCUT2D eigenvalue weighted by Crippen LogP contribution is 2.40. The van der Waals surface area contributed by atoms with Gasteiger partial charge in [0.15, 0.2) is 0 Å². The zero-order valence-corrected chi connectivity index (χ0v) is 17.4. The molecule has 1 heterocycles. The van der Waals surface area contributed by atoms with Crippen molar-refractivity contribution < 1.29 is 4.79 Å². The number of benzene rings is 2. The van der Waals surface area contributed by atoms with E-state index >= 15 is 0 Å². The molecule has 1 aromatic heterocycles. The van der Waals surface area contributed by atoms with E-state index in [0.29, 0.717) is 29.8 Å². The summed E-state index contributed by atoms with van der Waals surface area (Å²) in [4.78, 5) is 34.3. The number of fused-ring (bicyclic) bond motifs is 1. The summed E-state index contributed by atoms with van der Waals surface area (Å²) < 4.78 is 0. The average molecular weight is 405 g/mol. The van der Waals surface area contributed by atoms with E-state index in [1.807, 2.05) is 31.2 Å². The van der Waals surface area contributed by atoms with Gasteiger partial charge in [-0.2, -0.15) is 0 Å². The number of H-pyrrole nitrogens is 1. The fraction of sp³-hybridized carbons (Fsp3) is 0.375. The molecule has 2 N–H and O–H groups in total. The molecular formula is C24H28N4O2. The largest absolute Gasteiger partial charge is 0.337 e. The number of para-hydroxylation sites is 1. The van der Waals surface area contributed by atoms with Crippen LogP contribution in [0.4, 0.5) is 4.79 Å². The van der Waals surface area contributed by atoms with Gasteiger partial charge in [-0.1, -0.05) is 55.3 Å². The van der Waals surface area contributed by atoms with E-state index in [9.17, 15) is 9.59 Å². The number of rotatable bonds is 6. The molecule has 6 heteroatoms. The van der Waals surface area contributed by atoms with Gasteiger partial charge in [-0.3, -0.25) is 4.79 Å². The quantitative estimate of drug-likeness (QED) is 0.653. The second-order valence-corrected chi connectivity index (χ2v) is 8.06. The SMILES string of the molecule is CCN(Cc1nc2ccccc2c(=O)[nH]1)C(=O)NCC1(c2ccccc2)CCCC1. The minimum absolute atomic E-state index is 0.00580. The summed E-state index contributed by atoms with van der Waals surface area (Å²) >= 11 is 0. The molecule has 0 radical (unpaired) electrons. The molecule has 156 valence electrons. The maximum absolute atomic E-state index is 13.0. The van der Waals surface area contributed by atoms with Gasteiger partial charge >= 0.3 is 6.03 Å². The van der Waals surface area contributed by atoms with Crippen LogP contribution in [0.1, 0.15) is 44.0 Å². The van der Waals surface area contributed by atoms with Crippen LogP contribution in [0.15, 0.2) is 59.4 Å². The lowest BCUT2D eigenvalue weighted by Crippen LogP contribution is -2.45. The highest BCUT2D eigenvalue weighted by Gasteiger charge is 2.36. The molecule has 1 aliphatic rings. The van der Waals surface area contributed by atoms with E-state index in [1.165, 1.54) is 18.4 Å². The number of amides is 2. The lowest BCUT2D eigenvalue weighted by molar-refractivity contribution is 0.193. The van der Waals surface area contributed by atoms with E-state index in [-0.39, 0.29) is 23.6 Å². The van der Waals surface area contributed by atoms with Gasteiger partial charge in [0.05, 0.1) is 17.4 Å². The molecule has 2 amide bonds. The van der Waals surface area contributed by atoms with Crippen molar-refractivity contribution in [2.24, 2.45) is 0 Å². The zero-order chi connectivity index (χ0) is 21.0. The Morgan fingerprint density at radius 3 is 2.53 bits per heavy atom. The minimum atomic E-state index is -0.180. The highest BCUT2D eigenvalue weighted by atomic mass is 16.2. The Bertz CT molecular complexity index is 1070. The molecule has 0 aliphatic heterocycles. The summed E-state index contributed by atoms with van der Waals surface area (Å²) in [5.41, 5.74) is 1.76. The van der Waals surface area contributed by atoms with E-state index in [4.69, 9.17) is 0 Å². The Morgan fingerprint density at radius 1 is 1.10 bits per heavy atom. The lowest BCUT2D eigenvalue weighted by atomic mass is 9.79. The number of hydrogen-bond acceptors (Lipinski definition) is 3. The predicted octanol–water partition coefficient (Wildman–Crippen LogP) is 3.97. The fourth-order valence-corrected chi connectivity index (χ4v) is 4.49. The predicted molar refractivity (Wildman–Crippen MR) is 118 cm³/mol. The molecule has 0 spiro atoms. The van der Waals surface area contributed by atoms with Crippen molar-refractivity contribution >= 4 is 16.9 Å². The van der Waals surface area contributed by atoms with Crippen molar-refractivity contribution in [3.63, 3.8) is 0 Å². The summed E-state index contributed by atoms with van der Waals surface area (Å²) in [7, 11) is 0. The number of aromatic amines is 1. The summed E-state index contributed by atoms with van der Waals surface area (Å²) in [6, 6.07) is 17.6. The smallest absolute Gasteiger partial charge is 0.317 e. The number of hydrogen-bond donors (Lipinski definition) is 2. The third-order valence-electron chi connectivity index (χ3n) is 6.20. The van der Waals surface area contributed by atoms with Crippen molar-refractivity contribution in [2.45, 2.75) is 44.6 Å². The topological polar surface area (TPSA) is 78.1 Å². The van der Waals surface area contributed by atoms with Crippen molar-refractivity contribution in [2.75, 3.05) is 13.1 Å². The number of urea groups is 1. The van der Waals surface area contributed by atoms with Crippen LogP contribution in [0.5, 0.6) is 0 Å². The van der Waals surface area contributed by atoms with E-state index < -0.39 is 0 Å². The third-order valence-corrected chi connectivity index (χ3v) is 6.20. The van der Waals surface area contributed by atoms with Crippen LogP contribution >= 0.6 is 0 Å². The Morgan fingerprint density at radius 2 is 1.80 bits per heavy atom. The number of carbonyl (C=O) groups excluding carboxylic acids is 1. The molecule has 1 saturated carbocycles. The van der Waals surface area contributed by atoms with Gasteiger partial charge < -0.3 is 15.2 Å². The van der Waals surface area contributed by atoms with Crippen LogP contribution in [-0.2, 0) is 12.0 Å². The summed E-state index contributed by atoms with van der Waals surface area (Å²) in [6.45, 7) is 3.34. The molecule has 4 rings (SSSR count). The van der Waals surface area contributed by atoms with Crippen molar-refractivity contribution in [3.8, 4) is 0 Å². The second-order valence-electron chi connectivity index (χ2n) is 8.06. The molecule has 0 bridgehead atoms. The Balaban J connectivity index is 1.47. The first-order valence-electron chi connectivity index (χ1n) is 10.7. The molecule has 0 saturated heterocycles. The molecular weight excluding hydrogens is 376 g/mol. The van der Waals surface area contributed by atoms with Gasteiger partial charge in [0, 0.05) is 18.5 Å². The van der Waals surface area contributed by atoms with Gasteiger partial charge in [-0.05, 0) is 37.5 Å². The van der Waals surface area contributed by atoms with Crippen molar-refractivity contribution in [3.05, 3.63) is 76.3 Å². The average Bonchev–Trinajstić information content (AvgIpc) is 3.27. The Labute approximate surface area is 176 Å². The van der Waals surface area contributed by atoms with E-state index in [2.05, 4.69) is 39.6 Å². The first-order chi connectivity index (χ1) is 14.6. The lowest BCUT2D eigenvalue weighted by Gasteiger charge is -2.31. The normalized spacial score (nSPS) is 15.2. The monoisotopic (exact) mass is 404 g/mol. The van der Waals surface area contributed by atoms with Crippen LogP contribution < -0.4 is 10.9 Å². The summed E-state index contributed by atoms with van der Waals surface area (Å²) in [5, 5.41) is 3.71. The first-order valence-corrected chi connectivity index (χ1v) is 10.7. The molecule has 1 fully saturated rings. The molecule has 30 heavy (non-hydrogen) atoms. The van der Waals surface area contributed by atoms with Gasteiger partial charge in [0.2, 0.25) is 0 Å². The van der Waals surface area contributed by atoms with Gasteiger partial charge in [-0.25, -0.2) is 9.78 Å². The number of aromatic nitrogens is 2. The van der Waals surface area contributed by atoms with Crippen LogP contribution in [0, 0.1) is 0 Å².